The Balaban J connectivity index is 1.79. The maximum absolute atomic E-state index is 5.69. The van der Waals surface area contributed by atoms with E-state index < -0.39 is 0 Å². The van der Waals surface area contributed by atoms with Crippen molar-refractivity contribution in [1.82, 2.24) is 9.88 Å². The zero-order chi connectivity index (χ0) is 11.7. The molecule has 0 bridgehead atoms. The van der Waals surface area contributed by atoms with Gasteiger partial charge in [-0.1, -0.05) is 18.2 Å². The van der Waals surface area contributed by atoms with Crippen LogP contribution in [0.4, 0.5) is 0 Å². The van der Waals surface area contributed by atoms with Crippen molar-refractivity contribution in [2.75, 3.05) is 26.2 Å². The molecule has 0 spiro atoms. The Labute approximate surface area is 101 Å². The minimum absolute atomic E-state index is 0.727. The molecule has 88 valence electrons. The molecule has 2 aromatic rings. The average molecular weight is 228 g/mol. The highest BCUT2D eigenvalue weighted by molar-refractivity contribution is 5.82. The fraction of sp³-hybridized carbons (Fsp3) is 0.357. The number of benzene rings is 1. The maximum atomic E-state index is 5.69. The van der Waals surface area contributed by atoms with Gasteiger partial charge in [0.1, 0.15) is 6.61 Å². The van der Waals surface area contributed by atoms with Gasteiger partial charge in [-0.2, -0.15) is 0 Å². The molecule has 0 saturated carbocycles. The Morgan fingerprint density at radius 2 is 2.12 bits per heavy atom. The highest BCUT2D eigenvalue weighted by Crippen LogP contribution is 2.21. The average Bonchev–Trinajstić information content (AvgIpc) is 3.13. The predicted molar refractivity (Wildman–Crippen MR) is 68.4 cm³/mol. The van der Waals surface area contributed by atoms with Crippen LogP contribution in [0.25, 0.3) is 10.9 Å². The number of hydrogen-bond acceptors (Lipinski definition) is 3. The summed E-state index contributed by atoms with van der Waals surface area (Å²) in [6.07, 6.45) is 0. The fourth-order valence-electron chi connectivity index (χ4n) is 1.97. The van der Waals surface area contributed by atoms with Crippen LogP contribution >= 0.6 is 0 Å². The number of fused-ring (bicyclic) bond motifs is 1. The Hall–Kier alpha value is -1.61. The molecule has 2 heterocycles. The summed E-state index contributed by atoms with van der Waals surface area (Å²) >= 11 is 0. The minimum atomic E-state index is 0.727. The van der Waals surface area contributed by atoms with E-state index in [1.165, 1.54) is 24.0 Å². The molecular weight excluding hydrogens is 212 g/mol. The van der Waals surface area contributed by atoms with E-state index in [-0.39, 0.29) is 0 Å². The third-order valence-corrected chi connectivity index (χ3v) is 3.10. The first-order valence-corrected chi connectivity index (χ1v) is 6.04. The third-order valence-electron chi connectivity index (χ3n) is 3.10. The smallest absolute Gasteiger partial charge is 0.214 e. The molecule has 0 unspecified atom stereocenters. The Morgan fingerprint density at radius 1 is 1.29 bits per heavy atom. The van der Waals surface area contributed by atoms with Gasteiger partial charge in [0.15, 0.2) is 0 Å². The van der Waals surface area contributed by atoms with E-state index in [0.29, 0.717) is 0 Å². The van der Waals surface area contributed by atoms with Crippen LogP contribution in [0.3, 0.4) is 0 Å². The molecule has 1 aromatic heterocycles. The Morgan fingerprint density at radius 3 is 2.94 bits per heavy atom. The monoisotopic (exact) mass is 228 g/mol. The van der Waals surface area contributed by atoms with Crippen molar-refractivity contribution < 1.29 is 4.74 Å². The van der Waals surface area contributed by atoms with Crippen molar-refractivity contribution in [2.24, 2.45) is 0 Å². The normalized spacial score (nSPS) is 15.1. The summed E-state index contributed by atoms with van der Waals surface area (Å²) < 4.78 is 5.69. The number of ether oxygens (including phenoxy) is 1. The molecule has 0 N–H and O–H groups in total. The van der Waals surface area contributed by atoms with E-state index in [2.05, 4.69) is 22.9 Å². The van der Waals surface area contributed by atoms with E-state index >= 15 is 0 Å². The van der Waals surface area contributed by atoms with Gasteiger partial charge >= 0.3 is 0 Å². The second-order valence-corrected chi connectivity index (χ2v) is 4.48. The number of nitrogens with zero attached hydrogens (tertiary/aromatic N) is 2. The van der Waals surface area contributed by atoms with Gasteiger partial charge in [0.2, 0.25) is 5.88 Å². The zero-order valence-corrected chi connectivity index (χ0v) is 10.0. The number of aromatic nitrogens is 1. The highest BCUT2D eigenvalue weighted by Gasteiger charge is 2.16. The number of pyridine rings is 1. The summed E-state index contributed by atoms with van der Waals surface area (Å²) in [5, 5.41) is 1.20. The van der Waals surface area contributed by atoms with E-state index in [4.69, 9.17) is 4.74 Å². The Kier molecular flexibility index (Phi) is 2.69. The molecule has 0 atom stereocenters. The third kappa shape index (κ3) is 2.39. The van der Waals surface area contributed by atoms with Gasteiger partial charge < -0.3 is 4.74 Å². The lowest BCUT2D eigenvalue weighted by atomic mass is 10.1. The van der Waals surface area contributed by atoms with Gasteiger partial charge in [0.25, 0.3) is 0 Å². The first-order chi connectivity index (χ1) is 8.33. The lowest BCUT2D eigenvalue weighted by Gasteiger charge is -2.08. The number of hydrogen-bond donors (Lipinski definition) is 0. The lowest BCUT2D eigenvalue weighted by molar-refractivity contribution is 0.282. The summed E-state index contributed by atoms with van der Waals surface area (Å²) in [5.41, 5.74) is 2.23. The molecular formula is C14H16N2O. The van der Waals surface area contributed by atoms with Crippen molar-refractivity contribution in [1.29, 1.82) is 0 Å². The largest absolute Gasteiger partial charge is 0.476 e. The molecule has 3 rings (SSSR count). The van der Waals surface area contributed by atoms with Crippen LogP contribution in [-0.2, 0) is 0 Å². The van der Waals surface area contributed by atoms with E-state index in [9.17, 15) is 0 Å². The van der Waals surface area contributed by atoms with Crippen LogP contribution in [0.15, 0.2) is 30.3 Å². The second kappa shape index (κ2) is 4.34. The molecule has 1 saturated heterocycles. The molecule has 1 aromatic carbocycles. The Bertz CT molecular complexity index is 535. The van der Waals surface area contributed by atoms with Crippen molar-refractivity contribution in [3.05, 3.63) is 35.9 Å². The first-order valence-electron chi connectivity index (χ1n) is 6.04. The number of para-hydroxylation sites is 1. The zero-order valence-electron chi connectivity index (χ0n) is 10.0. The van der Waals surface area contributed by atoms with Crippen LogP contribution in [0, 0.1) is 6.92 Å². The van der Waals surface area contributed by atoms with Crippen molar-refractivity contribution in [3.8, 4) is 5.88 Å². The standard InChI is InChI=1S/C14H16N2O/c1-11-10-14(17-9-8-16-6-7-16)15-13-5-3-2-4-12(11)13/h2-5,10H,6-9H2,1H3. The molecule has 1 fully saturated rings. The molecule has 3 nitrogen and oxygen atoms in total. The summed E-state index contributed by atoms with van der Waals surface area (Å²) in [5.74, 6) is 0.739. The minimum Gasteiger partial charge on any atom is -0.476 e. The van der Waals surface area contributed by atoms with E-state index in [1.54, 1.807) is 0 Å². The van der Waals surface area contributed by atoms with Gasteiger partial charge in [0, 0.05) is 31.1 Å². The topological polar surface area (TPSA) is 25.1 Å². The van der Waals surface area contributed by atoms with Crippen LogP contribution in [0.5, 0.6) is 5.88 Å². The van der Waals surface area contributed by atoms with Gasteiger partial charge in [0.05, 0.1) is 5.52 Å². The molecule has 17 heavy (non-hydrogen) atoms. The lowest BCUT2D eigenvalue weighted by Crippen LogP contribution is -2.11. The molecule has 1 aliphatic rings. The van der Waals surface area contributed by atoms with E-state index in [0.717, 1.165) is 24.5 Å². The molecule has 0 aliphatic carbocycles. The van der Waals surface area contributed by atoms with E-state index in [1.807, 2.05) is 24.3 Å². The van der Waals surface area contributed by atoms with Gasteiger partial charge in [-0.3, -0.25) is 4.90 Å². The molecule has 1 aliphatic heterocycles. The number of rotatable bonds is 4. The number of aryl methyl sites for hydroxylation is 1. The van der Waals surface area contributed by atoms with Crippen molar-refractivity contribution in [3.63, 3.8) is 0 Å². The van der Waals surface area contributed by atoms with Gasteiger partial charge in [-0.25, -0.2) is 4.98 Å². The SMILES string of the molecule is Cc1cc(OCCN2CC2)nc2ccccc12. The molecule has 0 amide bonds. The maximum Gasteiger partial charge on any atom is 0.214 e. The quantitative estimate of drug-likeness (QED) is 0.750. The summed E-state index contributed by atoms with van der Waals surface area (Å²) in [7, 11) is 0. The predicted octanol–water partition coefficient (Wildman–Crippen LogP) is 2.24. The van der Waals surface area contributed by atoms with Crippen LogP contribution < -0.4 is 4.74 Å². The fourth-order valence-corrected chi connectivity index (χ4v) is 1.97. The summed E-state index contributed by atoms with van der Waals surface area (Å²) in [6.45, 7) is 6.26. The first kappa shape index (κ1) is 10.5. The summed E-state index contributed by atoms with van der Waals surface area (Å²) in [4.78, 5) is 6.85. The molecule has 0 radical (unpaired) electrons. The van der Waals surface area contributed by atoms with Crippen molar-refractivity contribution in [2.45, 2.75) is 6.92 Å². The van der Waals surface area contributed by atoms with Crippen LogP contribution in [0.2, 0.25) is 0 Å². The molecule has 3 heteroatoms. The van der Waals surface area contributed by atoms with Gasteiger partial charge in [-0.15, -0.1) is 0 Å². The summed E-state index contributed by atoms with van der Waals surface area (Å²) in [6, 6.07) is 10.2. The second-order valence-electron chi connectivity index (χ2n) is 4.48. The highest BCUT2D eigenvalue weighted by atomic mass is 16.5. The van der Waals surface area contributed by atoms with Crippen LogP contribution in [-0.4, -0.2) is 36.1 Å². The van der Waals surface area contributed by atoms with Crippen molar-refractivity contribution >= 4 is 10.9 Å². The van der Waals surface area contributed by atoms with Crippen LogP contribution in [0.1, 0.15) is 5.56 Å². The van der Waals surface area contributed by atoms with Gasteiger partial charge in [-0.05, 0) is 18.6 Å².